The van der Waals surface area contributed by atoms with Crippen LogP contribution in [0.5, 0.6) is 0 Å². The maximum absolute atomic E-state index is 12.9. The SMILES string of the molecule is CC(C)(C)n1nc(C(=O)Nc2cc(C(F)(F)F)ccc2I)cc1C1CC1. The van der Waals surface area contributed by atoms with Crippen LogP contribution in [0.4, 0.5) is 18.9 Å². The van der Waals surface area contributed by atoms with Crippen LogP contribution in [-0.2, 0) is 11.7 Å². The third-order valence-corrected chi connectivity index (χ3v) is 5.08. The summed E-state index contributed by atoms with van der Waals surface area (Å²) in [6.45, 7) is 6.01. The number of carbonyl (C=O) groups is 1. The highest BCUT2D eigenvalue weighted by Crippen LogP contribution is 2.42. The molecule has 8 heteroatoms. The summed E-state index contributed by atoms with van der Waals surface area (Å²) in [6, 6.07) is 5.03. The first-order chi connectivity index (χ1) is 12.0. The average molecular weight is 477 g/mol. The van der Waals surface area contributed by atoms with Crippen molar-refractivity contribution in [1.82, 2.24) is 9.78 Å². The minimum absolute atomic E-state index is 0.128. The molecule has 1 aromatic carbocycles. The van der Waals surface area contributed by atoms with Gasteiger partial charge < -0.3 is 5.32 Å². The lowest BCUT2D eigenvalue weighted by Gasteiger charge is -2.22. The second kappa shape index (κ2) is 6.54. The number of rotatable bonds is 3. The number of halogens is 4. The number of hydrogen-bond donors (Lipinski definition) is 1. The summed E-state index contributed by atoms with van der Waals surface area (Å²) in [5.41, 5.74) is 0.272. The Bertz CT molecular complexity index is 848. The van der Waals surface area contributed by atoms with Crippen molar-refractivity contribution in [1.29, 1.82) is 0 Å². The van der Waals surface area contributed by atoms with Crippen LogP contribution in [0.3, 0.4) is 0 Å². The number of nitrogens with zero attached hydrogens (tertiary/aromatic N) is 2. The standard InChI is InChI=1S/C18H19F3IN3O/c1-17(2,3)25-15(10-4-5-10)9-14(24-25)16(26)23-13-8-11(18(19,20)21)6-7-12(13)22/h6-10H,4-5H2,1-3H3,(H,23,26). The molecule has 3 rings (SSSR count). The van der Waals surface area contributed by atoms with Gasteiger partial charge in [0.05, 0.1) is 16.8 Å². The van der Waals surface area contributed by atoms with Crippen molar-refractivity contribution in [3.05, 3.63) is 44.8 Å². The number of nitrogens with one attached hydrogen (secondary N) is 1. The summed E-state index contributed by atoms with van der Waals surface area (Å²) in [4.78, 5) is 12.6. The molecule has 0 bridgehead atoms. The third-order valence-electron chi connectivity index (χ3n) is 4.14. The number of hydrogen-bond acceptors (Lipinski definition) is 2. The van der Waals surface area contributed by atoms with Crippen LogP contribution in [0, 0.1) is 3.57 Å². The van der Waals surface area contributed by atoms with E-state index in [0.29, 0.717) is 9.49 Å². The lowest BCUT2D eigenvalue weighted by molar-refractivity contribution is -0.137. The summed E-state index contributed by atoms with van der Waals surface area (Å²) < 4.78 is 41.1. The van der Waals surface area contributed by atoms with E-state index >= 15 is 0 Å². The average Bonchev–Trinajstić information content (AvgIpc) is 3.25. The predicted octanol–water partition coefficient (Wildman–Crippen LogP) is 5.39. The van der Waals surface area contributed by atoms with Gasteiger partial charge in [-0.2, -0.15) is 18.3 Å². The van der Waals surface area contributed by atoms with E-state index in [4.69, 9.17) is 0 Å². The van der Waals surface area contributed by atoms with Crippen LogP contribution >= 0.6 is 22.6 Å². The minimum atomic E-state index is -4.46. The largest absolute Gasteiger partial charge is 0.416 e. The number of alkyl halides is 3. The van der Waals surface area contributed by atoms with Gasteiger partial charge in [-0.1, -0.05) is 0 Å². The van der Waals surface area contributed by atoms with Crippen molar-refractivity contribution in [3.63, 3.8) is 0 Å². The summed E-state index contributed by atoms with van der Waals surface area (Å²) >= 11 is 1.90. The molecule has 1 amide bonds. The quantitative estimate of drug-likeness (QED) is 0.603. The van der Waals surface area contributed by atoms with E-state index in [1.807, 2.05) is 48.0 Å². The zero-order valence-corrected chi connectivity index (χ0v) is 16.8. The fourth-order valence-electron chi connectivity index (χ4n) is 2.70. The number of anilines is 1. The van der Waals surface area contributed by atoms with Crippen molar-refractivity contribution in [2.24, 2.45) is 0 Å². The van der Waals surface area contributed by atoms with Gasteiger partial charge in [0.2, 0.25) is 0 Å². The second-order valence-electron chi connectivity index (χ2n) is 7.46. The molecule has 0 aliphatic heterocycles. The van der Waals surface area contributed by atoms with Gasteiger partial charge in [0.1, 0.15) is 0 Å². The zero-order valence-electron chi connectivity index (χ0n) is 14.6. The molecule has 0 spiro atoms. The van der Waals surface area contributed by atoms with Gasteiger partial charge in [-0.3, -0.25) is 9.48 Å². The Balaban J connectivity index is 1.89. The lowest BCUT2D eigenvalue weighted by atomic mass is 10.1. The van der Waals surface area contributed by atoms with E-state index in [1.54, 1.807) is 6.07 Å². The number of benzene rings is 1. The van der Waals surface area contributed by atoms with E-state index in [0.717, 1.165) is 30.7 Å². The molecule has 1 aliphatic rings. The molecular formula is C18H19F3IN3O. The Kier molecular flexibility index (Phi) is 4.83. The van der Waals surface area contributed by atoms with Gasteiger partial charge in [-0.15, -0.1) is 0 Å². The fourth-order valence-corrected chi connectivity index (χ4v) is 3.17. The second-order valence-corrected chi connectivity index (χ2v) is 8.62. The minimum Gasteiger partial charge on any atom is -0.320 e. The normalized spacial score (nSPS) is 15.2. The van der Waals surface area contributed by atoms with Crippen molar-refractivity contribution < 1.29 is 18.0 Å². The first-order valence-electron chi connectivity index (χ1n) is 8.25. The lowest BCUT2D eigenvalue weighted by Crippen LogP contribution is -2.26. The summed E-state index contributed by atoms with van der Waals surface area (Å²) in [5.74, 6) is -0.107. The maximum atomic E-state index is 12.9. The van der Waals surface area contributed by atoms with Gasteiger partial charge in [0, 0.05) is 15.2 Å². The Hall–Kier alpha value is -1.58. The van der Waals surface area contributed by atoms with E-state index in [2.05, 4.69) is 10.4 Å². The van der Waals surface area contributed by atoms with Crippen LogP contribution in [0.25, 0.3) is 0 Å². The monoisotopic (exact) mass is 477 g/mol. The molecular weight excluding hydrogens is 458 g/mol. The highest BCUT2D eigenvalue weighted by molar-refractivity contribution is 14.1. The smallest absolute Gasteiger partial charge is 0.320 e. The molecule has 0 saturated heterocycles. The van der Waals surface area contributed by atoms with E-state index in [1.165, 1.54) is 6.07 Å². The first-order valence-corrected chi connectivity index (χ1v) is 9.33. The molecule has 1 saturated carbocycles. The van der Waals surface area contributed by atoms with Crippen molar-refractivity contribution in [2.45, 2.75) is 51.2 Å². The molecule has 1 N–H and O–H groups in total. The summed E-state index contributed by atoms with van der Waals surface area (Å²) in [6.07, 6.45) is -2.33. The number of carbonyl (C=O) groups excluding carboxylic acids is 1. The molecule has 0 unspecified atom stereocenters. The van der Waals surface area contributed by atoms with Gasteiger partial charge in [0.25, 0.3) is 5.91 Å². The number of amides is 1. The van der Waals surface area contributed by atoms with E-state index in [9.17, 15) is 18.0 Å². The van der Waals surface area contributed by atoms with Crippen LogP contribution in [0.2, 0.25) is 0 Å². The van der Waals surface area contributed by atoms with Gasteiger partial charge >= 0.3 is 6.18 Å². The molecule has 26 heavy (non-hydrogen) atoms. The van der Waals surface area contributed by atoms with Crippen LogP contribution in [-0.4, -0.2) is 15.7 Å². The molecule has 1 aromatic heterocycles. The van der Waals surface area contributed by atoms with Gasteiger partial charge in [-0.05, 0) is 80.5 Å². The van der Waals surface area contributed by atoms with Crippen LogP contribution in [0.15, 0.2) is 24.3 Å². The first kappa shape index (κ1) is 19.2. The molecule has 140 valence electrons. The Morgan fingerprint density at radius 3 is 2.42 bits per heavy atom. The Labute approximate surface area is 163 Å². The molecule has 0 atom stereocenters. The topological polar surface area (TPSA) is 46.9 Å². The van der Waals surface area contributed by atoms with Crippen molar-refractivity contribution in [3.8, 4) is 0 Å². The molecule has 0 radical (unpaired) electrons. The molecule has 1 fully saturated rings. The molecule has 1 aliphatic carbocycles. The third kappa shape index (κ3) is 4.05. The number of aromatic nitrogens is 2. The predicted molar refractivity (Wildman–Crippen MR) is 101 cm³/mol. The van der Waals surface area contributed by atoms with Gasteiger partial charge in [-0.25, -0.2) is 0 Å². The van der Waals surface area contributed by atoms with Crippen LogP contribution < -0.4 is 5.32 Å². The molecule has 2 aromatic rings. The maximum Gasteiger partial charge on any atom is 0.416 e. The zero-order chi connectivity index (χ0) is 19.3. The van der Waals surface area contributed by atoms with E-state index in [-0.39, 0.29) is 16.9 Å². The van der Waals surface area contributed by atoms with Gasteiger partial charge in [0.15, 0.2) is 5.69 Å². The van der Waals surface area contributed by atoms with Crippen molar-refractivity contribution >= 4 is 34.2 Å². The van der Waals surface area contributed by atoms with Crippen molar-refractivity contribution in [2.75, 3.05) is 5.32 Å². The fraction of sp³-hybridized carbons (Fsp3) is 0.444. The van der Waals surface area contributed by atoms with Crippen LogP contribution in [0.1, 0.15) is 61.3 Å². The van der Waals surface area contributed by atoms with E-state index < -0.39 is 17.6 Å². The Morgan fingerprint density at radius 1 is 1.23 bits per heavy atom. The summed E-state index contributed by atoms with van der Waals surface area (Å²) in [5, 5.41) is 6.99. The summed E-state index contributed by atoms with van der Waals surface area (Å²) in [7, 11) is 0. The highest BCUT2D eigenvalue weighted by atomic mass is 127. The molecule has 1 heterocycles. The highest BCUT2D eigenvalue weighted by Gasteiger charge is 2.33. The molecule has 4 nitrogen and oxygen atoms in total. The Morgan fingerprint density at radius 2 is 1.88 bits per heavy atom.